The van der Waals surface area contributed by atoms with Crippen LogP contribution < -0.4 is 4.90 Å². The second kappa shape index (κ2) is 4.18. The van der Waals surface area contributed by atoms with Crippen LogP contribution in [0.15, 0.2) is 12.3 Å². The fraction of sp³-hybridized carbons (Fsp3) is 0.250. The number of anilines is 1. The highest BCUT2D eigenvalue weighted by atomic mass is 16.4. The predicted octanol–water partition coefficient (Wildman–Crippen LogP) is -0.131. The summed E-state index contributed by atoms with van der Waals surface area (Å²) < 4.78 is 0. The molecule has 0 bridgehead atoms. The van der Waals surface area contributed by atoms with Gasteiger partial charge in [0.05, 0.1) is 11.8 Å². The van der Waals surface area contributed by atoms with Crippen molar-refractivity contribution in [2.75, 3.05) is 18.5 Å². The molecule has 0 amide bonds. The first-order valence-corrected chi connectivity index (χ1v) is 3.79. The number of nitriles is 1. The molecule has 1 rings (SSSR count). The van der Waals surface area contributed by atoms with Crippen molar-refractivity contribution in [1.82, 2.24) is 10.2 Å². The predicted molar refractivity (Wildman–Crippen MR) is 47.7 cm³/mol. The number of likely N-dealkylation sites (N-methyl/N-ethyl adjacent to an activating group) is 1. The van der Waals surface area contributed by atoms with Crippen molar-refractivity contribution < 1.29 is 9.90 Å². The van der Waals surface area contributed by atoms with Gasteiger partial charge in [0.1, 0.15) is 12.6 Å². The molecule has 0 aliphatic heterocycles. The molecule has 1 aromatic heterocycles. The van der Waals surface area contributed by atoms with Crippen LogP contribution in [0.5, 0.6) is 0 Å². The summed E-state index contributed by atoms with van der Waals surface area (Å²) in [6, 6.07) is 3.38. The van der Waals surface area contributed by atoms with Crippen LogP contribution in [0.2, 0.25) is 0 Å². The van der Waals surface area contributed by atoms with Crippen LogP contribution in [0, 0.1) is 11.3 Å². The summed E-state index contributed by atoms with van der Waals surface area (Å²) in [5.74, 6) is -0.594. The number of aromatic nitrogens is 2. The van der Waals surface area contributed by atoms with E-state index in [0.717, 1.165) is 0 Å². The molecule has 0 radical (unpaired) electrons. The average Bonchev–Trinajstić information content (AvgIpc) is 2.17. The molecule has 6 heteroatoms. The van der Waals surface area contributed by atoms with E-state index in [4.69, 9.17) is 10.4 Å². The lowest BCUT2D eigenvalue weighted by molar-refractivity contribution is -0.135. The molecular weight excluding hydrogens is 184 g/mol. The van der Waals surface area contributed by atoms with E-state index >= 15 is 0 Å². The van der Waals surface area contributed by atoms with E-state index in [2.05, 4.69) is 10.2 Å². The highest BCUT2D eigenvalue weighted by Crippen LogP contribution is 2.07. The summed E-state index contributed by atoms with van der Waals surface area (Å²) in [6.07, 6.45) is 1.32. The molecule has 0 unspecified atom stereocenters. The second-order valence-corrected chi connectivity index (χ2v) is 2.66. The minimum atomic E-state index is -0.961. The van der Waals surface area contributed by atoms with Gasteiger partial charge in [-0.25, -0.2) is 0 Å². The maximum absolute atomic E-state index is 10.4. The van der Waals surface area contributed by atoms with Crippen molar-refractivity contribution >= 4 is 11.8 Å². The molecule has 0 saturated carbocycles. The van der Waals surface area contributed by atoms with Crippen molar-refractivity contribution in [3.63, 3.8) is 0 Å². The first kappa shape index (κ1) is 9.92. The monoisotopic (exact) mass is 192 g/mol. The van der Waals surface area contributed by atoms with E-state index in [0.29, 0.717) is 11.4 Å². The van der Waals surface area contributed by atoms with E-state index in [9.17, 15) is 4.79 Å². The number of hydrogen-bond donors (Lipinski definition) is 1. The number of carboxylic acids is 1. The molecule has 0 aliphatic rings. The Labute approximate surface area is 80.4 Å². The SMILES string of the molecule is CN(CC(=O)O)c1cc(C#N)cnn1. The molecule has 72 valence electrons. The third-order valence-electron chi connectivity index (χ3n) is 1.53. The molecule has 1 heterocycles. The first-order valence-electron chi connectivity index (χ1n) is 3.79. The molecule has 6 nitrogen and oxygen atoms in total. The summed E-state index contributed by atoms with van der Waals surface area (Å²) in [6.45, 7) is -0.177. The summed E-state index contributed by atoms with van der Waals surface area (Å²) in [7, 11) is 1.57. The number of nitrogens with zero attached hydrogens (tertiary/aromatic N) is 4. The summed E-state index contributed by atoms with van der Waals surface area (Å²) >= 11 is 0. The number of carboxylic acid groups (broad SMARTS) is 1. The zero-order valence-corrected chi connectivity index (χ0v) is 7.51. The highest BCUT2D eigenvalue weighted by molar-refractivity contribution is 5.72. The molecule has 1 aromatic rings. The Morgan fingerprint density at radius 3 is 3.07 bits per heavy atom. The molecule has 0 saturated heterocycles. The van der Waals surface area contributed by atoms with Crippen molar-refractivity contribution in [3.8, 4) is 6.07 Å². The summed E-state index contributed by atoms with van der Waals surface area (Å²) in [4.78, 5) is 11.8. The van der Waals surface area contributed by atoms with Gasteiger partial charge in [-0.3, -0.25) is 4.79 Å². The maximum Gasteiger partial charge on any atom is 0.323 e. The fourth-order valence-corrected chi connectivity index (χ4v) is 0.887. The van der Waals surface area contributed by atoms with Gasteiger partial charge in [0, 0.05) is 13.1 Å². The van der Waals surface area contributed by atoms with Gasteiger partial charge < -0.3 is 10.0 Å². The zero-order valence-electron chi connectivity index (χ0n) is 7.51. The van der Waals surface area contributed by atoms with Crippen molar-refractivity contribution in [1.29, 1.82) is 5.26 Å². The van der Waals surface area contributed by atoms with Gasteiger partial charge in [-0.15, -0.1) is 5.10 Å². The normalized spacial score (nSPS) is 9.14. The van der Waals surface area contributed by atoms with Gasteiger partial charge in [0.15, 0.2) is 5.82 Å². The van der Waals surface area contributed by atoms with Crippen LogP contribution in [-0.4, -0.2) is 34.9 Å². The number of carbonyl (C=O) groups is 1. The van der Waals surface area contributed by atoms with Crippen molar-refractivity contribution in [2.45, 2.75) is 0 Å². The van der Waals surface area contributed by atoms with Crippen molar-refractivity contribution in [2.24, 2.45) is 0 Å². The van der Waals surface area contributed by atoms with Crippen LogP contribution in [0.4, 0.5) is 5.82 Å². The molecule has 0 atom stereocenters. The van der Waals surface area contributed by atoms with Gasteiger partial charge in [-0.2, -0.15) is 10.4 Å². The van der Waals surface area contributed by atoms with E-state index in [1.54, 1.807) is 7.05 Å². The Morgan fingerprint density at radius 1 is 1.79 bits per heavy atom. The quantitative estimate of drug-likeness (QED) is 0.717. The minimum absolute atomic E-state index is 0.177. The maximum atomic E-state index is 10.4. The fourth-order valence-electron chi connectivity index (χ4n) is 0.887. The summed E-state index contributed by atoms with van der Waals surface area (Å²) in [5.41, 5.74) is 0.354. The van der Waals surface area contributed by atoms with Gasteiger partial charge in [0.2, 0.25) is 0 Å². The van der Waals surface area contributed by atoms with Crippen LogP contribution in [0.3, 0.4) is 0 Å². The third-order valence-corrected chi connectivity index (χ3v) is 1.53. The largest absolute Gasteiger partial charge is 0.480 e. The Morgan fingerprint density at radius 2 is 2.50 bits per heavy atom. The van der Waals surface area contributed by atoms with Crippen molar-refractivity contribution in [3.05, 3.63) is 17.8 Å². The zero-order chi connectivity index (χ0) is 10.6. The third kappa shape index (κ3) is 2.42. The van der Waals surface area contributed by atoms with Crippen LogP contribution in [0.25, 0.3) is 0 Å². The Bertz CT molecular complexity index is 385. The minimum Gasteiger partial charge on any atom is -0.480 e. The number of aliphatic carboxylic acids is 1. The molecule has 0 aliphatic carbocycles. The van der Waals surface area contributed by atoms with Gasteiger partial charge >= 0.3 is 5.97 Å². The molecule has 1 N–H and O–H groups in total. The number of rotatable bonds is 3. The standard InChI is InChI=1S/C8H8N4O2/c1-12(5-8(13)14)7-2-6(3-9)4-10-11-7/h2,4H,5H2,1H3,(H,13,14). The first-order chi connectivity index (χ1) is 6.63. The Balaban J connectivity index is 2.85. The molecule has 14 heavy (non-hydrogen) atoms. The van der Waals surface area contributed by atoms with Crippen LogP contribution in [-0.2, 0) is 4.79 Å². The smallest absolute Gasteiger partial charge is 0.323 e. The Hall–Kier alpha value is -2.16. The van der Waals surface area contributed by atoms with E-state index in [1.165, 1.54) is 17.2 Å². The second-order valence-electron chi connectivity index (χ2n) is 2.66. The molecular formula is C8H8N4O2. The molecule has 0 aromatic carbocycles. The van der Waals surface area contributed by atoms with E-state index in [-0.39, 0.29) is 6.54 Å². The Kier molecular flexibility index (Phi) is 2.97. The number of hydrogen-bond acceptors (Lipinski definition) is 5. The molecule has 0 fully saturated rings. The van der Waals surface area contributed by atoms with Gasteiger partial charge in [0.25, 0.3) is 0 Å². The van der Waals surface area contributed by atoms with Crippen LogP contribution in [0.1, 0.15) is 5.56 Å². The van der Waals surface area contributed by atoms with Gasteiger partial charge in [-0.05, 0) is 0 Å². The topological polar surface area (TPSA) is 90.1 Å². The van der Waals surface area contributed by atoms with Gasteiger partial charge in [-0.1, -0.05) is 0 Å². The van der Waals surface area contributed by atoms with Crippen LogP contribution >= 0.6 is 0 Å². The van der Waals surface area contributed by atoms with E-state index in [1.807, 2.05) is 6.07 Å². The lowest BCUT2D eigenvalue weighted by Gasteiger charge is -2.13. The highest BCUT2D eigenvalue weighted by Gasteiger charge is 2.07. The van der Waals surface area contributed by atoms with E-state index < -0.39 is 5.97 Å². The lowest BCUT2D eigenvalue weighted by Crippen LogP contribution is -2.26. The average molecular weight is 192 g/mol. The molecule has 0 spiro atoms. The lowest BCUT2D eigenvalue weighted by atomic mass is 10.3. The summed E-state index contributed by atoms with van der Waals surface area (Å²) in [5, 5.41) is 24.4.